The van der Waals surface area contributed by atoms with Gasteiger partial charge in [0.05, 0.1) is 5.69 Å². The Kier molecular flexibility index (Phi) is 2.46. The lowest BCUT2D eigenvalue weighted by molar-refractivity contribution is 1.20. The number of pyridine rings is 2. The summed E-state index contributed by atoms with van der Waals surface area (Å²) in [5, 5.41) is 0.705. The van der Waals surface area contributed by atoms with E-state index in [4.69, 9.17) is 11.6 Å². The molecule has 0 radical (unpaired) electrons. The van der Waals surface area contributed by atoms with E-state index >= 15 is 0 Å². The molecule has 0 saturated heterocycles. The van der Waals surface area contributed by atoms with E-state index in [1.807, 2.05) is 31.2 Å². The molecule has 2 aromatic rings. The summed E-state index contributed by atoms with van der Waals surface area (Å²) in [7, 11) is 0. The number of aryl methyl sites for hydroxylation is 1. The zero-order chi connectivity index (χ0) is 9.97. The van der Waals surface area contributed by atoms with Gasteiger partial charge >= 0.3 is 0 Å². The molecular formula is C11H9ClN2. The zero-order valence-corrected chi connectivity index (χ0v) is 8.49. The smallest absolute Gasteiger partial charge is 0.0735 e. The van der Waals surface area contributed by atoms with E-state index in [0.717, 1.165) is 17.0 Å². The van der Waals surface area contributed by atoms with Gasteiger partial charge in [-0.05, 0) is 31.2 Å². The van der Waals surface area contributed by atoms with Crippen molar-refractivity contribution in [1.82, 2.24) is 9.97 Å². The normalized spacial score (nSPS) is 10.1. The number of rotatable bonds is 1. The molecular weight excluding hydrogens is 196 g/mol. The van der Waals surface area contributed by atoms with Crippen LogP contribution in [0, 0.1) is 6.92 Å². The fourth-order valence-corrected chi connectivity index (χ4v) is 1.55. The zero-order valence-electron chi connectivity index (χ0n) is 7.74. The van der Waals surface area contributed by atoms with Gasteiger partial charge in [0.15, 0.2) is 0 Å². The number of halogens is 1. The second-order valence-electron chi connectivity index (χ2n) is 3.05. The molecule has 0 spiro atoms. The number of hydrogen-bond acceptors (Lipinski definition) is 2. The van der Waals surface area contributed by atoms with Crippen LogP contribution in [0.4, 0.5) is 0 Å². The van der Waals surface area contributed by atoms with E-state index in [0.29, 0.717) is 5.02 Å². The van der Waals surface area contributed by atoms with Crippen molar-refractivity contribution in [3.05, 3.63) is 47.4 Å². The van der Waals surface area contributed by atoms with Crippen molar-refractivity contribution < 1.29 is 0 Å². The molecule has 0 bridgehead atoms. The second-order valence-corrected chi connectivity index (χ2v) is 3.49. The molecule has 0 aliphatic rings. The average Bonchev–Trinajstić information content (AvgIpc) is 2.18. The van der Waals surface area contributed by atoms with Crippen LogP contribution < -0.4 is 0 Å². The Morgan fingerprint density at radius 2 is 2.14 bits per heavy atom. The van der Waals surface area contributed by atoms with Crippen molar-refractivity contribution in [2.24, 2.45) is 0 Å². The van der Waals surface area contributed by atoms with E-state index in [1.54, 1.807) is 12.4 Å². The Labute approximate surface area is 87.6 Å². The maximum absolute atomic E-state index is 5.94. The molecule has 0 unspecified atom stereocenters. The molecule has 0 saturated carbocycles. The fourth-order valence-electron chi connectivity index (χ4n) is 1.29. The molecule has 0 atom stereocenters. The van der Waals surface area contributed by atoms with Crippen LogP contribution in [0.15, 0.2) is 36.7 Å². The van der Waals surface area contributed by atoms with Crippen molar-refractivity contribution in [3.8, 4) is 11.3 Å². The molecule has 0 aromatic carbocycles. The summed E-state index contributed by atoms with van der Waals surface area (Å²) in [6, 6.07) is 7.52. The summed E-state index contributed by atoms with van der Waals surface area (Å²) in [4.78, 5) is 8.42. The topological polar surface area (TPSA) is 25.8 Å². The molecule has 0 aliphatic carbocycles. The number of nitrogens with zero attached hydrogens (tertiary/aromatic N) is 2. The first-order valence-electron chi connectivity index (χ1n) is 4.30. The lowest BCUT2D eigenvalue weighted by Gasteiger charge is -2.01. The maximum Gasteiger partial charge on any atom is 0.0735 e. The van der Waals surface area contributed by atoms with Gasteiger partial charge < -0.3 is 0 Å². The first kappa shape index (κ1) is 9.16. The monoisotopic (exact) mass is 204 g/mol. The highest BCUT2D eigenvalue weighted by molar-refractivity contribution is 6.30. The maximum atomic E-state index is 5.94. The van der Waals surface area contributed by atoms with Crippen LogP contribution in [0.2, 0.25) is 5.02 Å². The molecule has 2 nitrogen and oxygen atoms in total. The third-order valence-electron chi connectivity index (χ3n) is 1.88. The molecule has 2 rings (SSSR count). The van der Waals surface area contributed by atoms with Crippen molar-refractivity contribution in [3.63, 3.8) is 0 Å². The highest BCUT2D eigenvalue weighted by atomic mass is 35.5. The quantitative estimate of drug-likeness (QED) is 0.714. The van der Waals surface area contributed by atoms with E-state index in [9.17, 15) is 0 Å². The van der Waals surface area contributed by atoms with Crippen molar-refractivity contribution in [2.75, 3.05) is 0 Å². The Bertz CT molecular complexity index is 420. The average molecular weight is 205 g/mol. The van der Waals surface area contributed by atoms with E-state index < -0.39 is 0 Å². The summed E-state index contributed by atoms with van der Waals surface area (Å²) >= 11 is 5.94. The Morgan fingerprint density at radius 1 is 1.29 bits per heavy atom. The fraction of sp³-hybridized carbons (Fsp3) is 0.0909. The van der Waals surface area contributed by atoms with Crippen molar-refractivity contribution >= 4 is 11.6 Å². The Hall–Kier alpha value is -1.41. The lowest BCUT2D eigenvalue weighted by Crippen LogP contribution is -1.87. The molecule has 0 aliphatic heterocycles. The third-order valence-corrected chi connectivity index (χ3v) is 2.09. The summed E-state index contributed by atoms with van der Waals surface area (Å²) in [6.07, 6.45) is 3.51. The molecule has 70 valence electrons. The minimum Gasteiger partial charge on any atom is -0.264 e. The van der Waals surface area contributed by atoms with Gasteiger partial charge in [0.1, 0.15) is 0 Å². The first-order valence-corrected chi connectivity index (χ1v) is 4.68. The van der Waals surface area contributed by atoms with Crippen LogP contribution in [-0.4, -0.2) is 9.97 Å². The molecule has 14 heavy (non-hydrogen) atoms. The number of aromatic nitrogens is 2. The van der Waals surface area contributed by atoms with Crippen LogP contribution in [0.5, 0.6) is 0 Å². The molecule has 0 amide bonds. The molecule has 0 fully saturated rings. The van der Waals surface area contributed by atoms with Crippen LogP contribution >= 0.6 is 11.6 Å². The summed E-state index contributed by atoms with van der Waals surface area (Å²) < 4.78 is 0. The molecule has 3 heteroatoms. The van der Waals surface area contributed by atoms with Gasteiger partial charge in [-0.25, -0.2) is 0 Å². The van der Waals surface area contributed by atoms with E-state index in [2.05, 4.69) is 9.97 Å². The highest BCUT2D eigenvalue weighted by Crippen LogP contribution is 2.20. The van der Waals surface area contributed by atoms with E-state index in [-0.39, 0.29) is 0 Å². The second kappa shape index (κ2) is 3.76. The number of hydrogen-bond donors (Lipinski definition) is 0. The third kappa shape index (κ3) is 1.91. The summed E-state index contributed by atoms with van der Waals surface area (Å²) in [5.41, 5.74) is 2.76. The molecule has 2 heterocycles. The summed E-state index contributed by atoms with van der Waals surface area (Å²) in [6.45, 7) is 1.92. The minimum absolute atomic E-state index is 0.705. The molecule has 0 N–H and O–H groups in total. The van der Waals surface area contributed by atoms with Crippen LogP contribution in [0.25, 0.3) is 11.3 Å². The predicted molar refractivity (Wildman–Crippen MR) is 57.2 cm³/mol. The van der Waals surface area contributed by atoms with Crippen LogP contribution in [-0.2, 0) is 0 Å². The standard InChI is InChI=1S/C11H9ClN2/c1-8-5-10(12)6-11(14-8)9-3-2-4-13-7-9/h2-7H,1H3. The van der Waals surface area contributed by atoms with E-state index in [1.165, 1.54) is 0 Å². The minimum atomic E-state index is 0.705. The predicted octanol–water partition coefficient (Wildman–Crippen LogP) is 3.11. The van der Waals surface area contributed by atoms with Crippen molar-refractivity contribution in [1.29, 1.82) is 0 Å². The van der Waals surface area contributed by atoms with Gasteiger partial charge in [-0.1, -0.05) is 11.6 Å². The van der Waals surface area contributed by atoms with Gasteiger partial charge in [0, 0.05) is 28.7 Å². The Balaban J connectivity index is 2.52. The lowest BCUT2D eigenvalue weighted by atomic mass is 10.2. The van der Waals surface area contributed by atoms with Gasteiger partial charge in [-0.2, -0.15) is 0 Å². The van der Waals surface area contributed by atoms with Crippen LogP contribution in [0.3, 0.4) is 0 Å². The Morgan fingerprint density at radius 3 is 2.79 bits per heavy atom. The molecule has 2 aromatic heterocycles. The van der Waals surface area contributed by atoms with Crippen molar-refractivity contribution in [2.45, 2.75) is 6.92 Å². The highest BCUT2D eigenvalue weighted by Gasteiger charge is 2.01. The van der Waals surface area contributed by atoms with Crippen LogP contribution in [0.1, 0.15) is 5.69 Å². The van der Waals surface area contributed by atoms with Gasteiger partial charge in [0.2, 0.25) is 0 Å². The first-order chi connectivity index (χ1) is 6.75. The van der Waals surface area contributed by atoms with Gasteiger partial charge in [-0.3, -0.25) is 9.97 Å². The largest absolute Gasteiger partial charge is 0.264 e. The van der Waals surface area contributed by atoms with Gasteiger partial charge in [-0.15, -0.1) is 0 Å². The summed E-state index contributed by atoms with van der Waals surface area (Å²) in [5.74, 6) is 0. The SMILES string of the molecule is Cc1cc(Cl)cc(-c2cccnc2)n1. The van der Waals surface area contributed by atoms with Gasteiger partial charge in [0.25, 0.3) is 0 Å².